The van der Waals surface area contributed by atoms with Crippen LogP contribution in [0.1, 0.15) is 21.6 Å². The summed E-state index contributed by atoms with van der Waals surface area (Å²) in [5, 5.41) is 15.4. The predicted octanol–water partition coefficient (Wildman–Crippen LogP) is 5.20. The molecule has 0 aliphatic rings. The summed E-state index contributed by atoms with van der Waals surface area (Å²) in [7, 11) is 0. The van der Waals surface area contributed by atoms with Crippen LogP contribution in [-0.2, 0) is 0 Å². The summed E-state index contributed by atoms with van der Waals surface area (Å²) >= 11 is 7.39. The van der Waals surface area contributed by atoms with E-state index < -0.39 is 0 Å². The van der Waals surface area contributed by atoms with Crippen LogP contribution in [0.25, 0.3) is 21.1 Å². The van der Waals surface area contributed by atoms with Gasteiger partial charge in [-0.1, -0.05) is 41.9 Å². The monoisotopic (exact) mass is 404 g/mol. The van der Waals surface area contributed by atoms with Crippen LogP contribution in [0.2, 0.25) is 5.02 Å². The number of aryl methyl sites for hydroxylation is 1. The number of carbonyl (C=O) groups is 1. The number of nitriles is 1. The van der Waals surface area contributed by atoms with Gasteiger partial charge in [0.25, 0.3) is 5.91 Å². The molecule has 0 spiro atoms. The molecule has 2 aromatic heterocycles. The zero-order valence-corrected chi connectivity index (χ0v) is 16.3. The van der Waals surface area contributed by atoms with Gasteiger partial charge in [-0.15, -0.1) is 11.3 Å². The van der Waals surface area contributed by atoms with E-state index in [2.05, 4.69) is 16.2 Å². The Morgan fingerprint density at radius 1 is 1.14 bits per heavy atom. The number of halogens is 1. The van der Waals surface area contributed by atoms with Crippen LogP contribution in [0.3, 0.4) is 0 Å². The van der Waals surface area contributed by atoms with Crippen LogP contribution in [-0.4, -0.2) is 20.7 Å². The Balaban J connectivity index is 1.76. The van der Waals surface area contributed by atoms with Gasteiger partial charge >= 0.3 is 0 Å². The summed E-state index contributed by atoms with van der Waals surface area (Å²) < 4.78 is 1.21. The van der Waals surface area contributed by atoms with Crippen molar-refractivity contribution >= 4 is 28.8 Å². The van der Waals surface area contributed by atoms with E-state index in [1.165, 1.54) is 22.2 Å². The Bertz CT molecular complexity index is 1200. The lowest BCUT2D eigenvalue weighted by molar-refractivity contribution is 0.0945. The van der Waals surface area contributed by atoms with E-state index in [-0.39, 0.29) is 5.91 Å². The lowest BCUT2D eigenvalue weighted by Crippen LogP contribution is -2.12. The molecule has 7 heteroatoms. The standard InChI is InChI=1S/C21H13ClN4OS/c1-13-19(28-20(24-13)14-7-9-17(22)10-8-14)18-16(11-23)12-26(25-18)21(27)15-5-3-2-4-6-15/h2-10,12H,1H3. The van der Waals surface area contributed by atoms with Crippen molar-refractivity contribution in [2.24, 2.45) is 0 Å². The summed E-state index contributed by atoms with van der Waals surface area (Å²) in [4.78, 5) is 18.0. The topological polar surface area (TPSA) is 71.6 Å². The second kappa shape index (κ2) is 7.39. The van der Waals surface area contributed by atoms with Crippen LogP contribution >= 0.6 is 22.9 Å². The number of hydrogen-bond donors (Lipinski definition) is 0. The number of carbonyl (C=O) groups excluding carboxylic acids is 1. The lowest BCUT2D eigenvalue weighted by Gasteiger charge is -1.99. The Morgan fingerprint density at radius 3 is 2.54 bits per heavy atom. The molecule has 136 valence electrons. The molecule has 0 bridgehead atoms. The number of nitrogens with zero attached hydrogens (tertiary/aromatic N) is 4. The second-order valence-corrected chi connectivity index (χ2v) is 7.49. The minimum absolute atomic E-state index is 0.288. The highest BCUT2D eigenvalue weighted by Crippen LogP contribution is 2.36. The number of hydrogen-bond acceptors (Lipinski definition) is 5. The average Bonchev–Trinajstić information content (AvgIpc) is 3.32. The SMILES string of the molecule is Cc1nc(-c2ccc(Cl)cc2)sc1-c1nn(C(=O)c2ccccc2)cc1C#N. The van der Waals surface area contributed by atoms with Crippen LogP contribution in [0.4, 0.5) is 0 Å². The Kier molecular flexibility index (Phi) is 4.78. The molecule has 0 amide bonds. The van der Waals surface area contributed by atoms with Crippen molar-refractivity contribution in [2.75, 3.05) is 0 Å². The highest BCUT2D eigenvalue weighted by molar-refractivity contribution is 7.18. The van der Waals surface area contributed by atoms with Gasteiger partial charge in [0.05, 0.1) is 22.3 Å². The van der Waals surface area contributed by atoms with E-state index in [4.69, 9.17) is 11.6 Å². The molecule has 0 saturated carbocycles. The molecule has 0 unspecified atom stereocenters. The largest absolute Gasteiger partial charge is 0.278 e. The molecule has 0 aliphatic heterocycles. The van der Waals surface area contributed by atoms with Crippen LogP contribution in [0.15, 0.2) is 60.8 Å². The van der Waals surface area contributed by atoms with Gasteiger partial charge in [-0.2, -0.15) is 10.4 Å². The zero-order valence-electron chi connectivity index (χ0n) is 14.8. The minimum Gasteiger partial charge on any atom is -0.267 e. The van der Waals surface area contributed by atoms with E-state index in [1.54, 1.807) is 36.4 Å². The van der Waals surface area contributed by atoms with Crippen LogP contribution in [0, 0.1) is 18.3 Å². The third-order valence-electron chi connectivity index (χ3n) is 4.17. The molecule has 0 aliphatic carbocycles. The molecule has 2 heterocycles. The van der Waals surface area contributed by atoms with Crippen LogP contribution in [0.5, 0.6) is 0 Å². The van der Waals surface area contributed by atoms with Crippen molar-refractivity contribution in [3.8, 4) is 27.2 Å². The van der Waals surface area contributed by atoms with Crippen molar-refractivity contribution in [1.29, 1.82) is 5.26 Å². The molecule has 4 rings (SSSR count). The van der Waals surface area contributed by atoms with E-state index in [0.29, 0.717) is 21.8 Å². The third kappa shape index (κ3) is 3.33. The van der Waals surface area contributed by atoms with E-state index >= 15 is 0 Å². The Hall–Kier alpha value is -3.27. The number of rotatable bonds is 3. The quantitative estimate of drug-likeness (QED) is 0.470. The first-order valence-corrected chi connectivity index (χ1v) is 9.59. The van der Waals surface area contributed by atoms with Crippen molar-refractivity contribution in [3.63, 3.8) is 0 Å². The number of thiazole rings is 1. The third-order valence-corrected chi connectivity index (χ3v) is 5.63. The fraction of sp³-hybridized carbons (Fsp3) is 0.0476. The molecule has 4 aromatic rings. The molecule has 2 aromatic carbocycles. The molecular formula is C21H13ClN4OS. The highest BCUT2D eigenvalue weighted by atomic mass is 35.5. The van der Waals surface area contributed by atoms with Crippen molar-refractivity contribution in [2.45, 2.75) is 6.92 Å². The fourth-order valence-electron chi connectivity index (χ4n) is 2.77. The van der Waals surface area contributed by atoms with E-state index in [0.717, 1.165) is 21.1 Å². The van der Waals surface area contributed by atoms with Gasteiger partial charge in [0, 0.05) is 16.1 Å². The molecule has 0 atom stereocenters. The lowest BCUT2D eigenvalue weighted by atomic mass is 10.2. The summed E-state index contributed by atoms with van der Waals surface area (Å²) in [6.45, 7) is 1.87. The molecule has 0 saturated heterocycles. The first-order chi connectivity index (χ1) is 13.6. The summed E-state index contributed by atoms with van der Waals surface area (Å²) in [6, 6.07) is 18.4. The van der Waals surface area contributed by atoms with Crippen molar-refractivity contribution in [1.82, 2.24) is 14.8 Å². The summed E-state index contributed by atoms with van der Waals surface area (Å²) in [6.07, 6.45) is 1.46. The molecule has 28 heavy (non-hydrogen) atoms. The molecule has 0 radical (unpaired) electrons. The average molecular weight is 405 g/mol. The van der Waals surface area contributed by atoms with E-state index in [1.807, 2.05) is 25.1 Å². The molecule has 0 N–H and O–H groups in total. The highest BCUT2D eigenvalue weighted by Gasteiger charge is 2.20. The maximum Gasteiger partial charge on any atom is 0.278 e. The first-order valence-electron chi connectivity index (χ1n) is 8.40. The van der Waals surface area contributed by atoms with Crippen molar-refractivity contribution < 1.29 is 4.79 Å². The molecular weight excluding hydrogens is 392 g/mol. The predicted molar refractivity (Wildman–Crippen MR) is 109 cm³/mol. The normalized spacial score (nSPS) is 10.6. The number of aromatic nitrogens is 3. The summed E-state index contributed by atoms with van der Waals surface area (Å²) in [5.74, 6) is -0.288. The van der Waals surface area contributed by atoms with E-state index in [9.17, 15) is 10.1 Å². The first kappa shape index (κ1) is 18.1. The van der Waals surface area contributed by atoms with Gasteiger partial charge in [-0.25, -0.2) is 9.67 Å². The van der Waals surface area contributed by atoms with Gasteiger partial charge in [-0.05, 0) is 31.2 Å². The maximum atomic E-state index is 12.7. The van der Waals surface area contributed by atoms with Gasteiger partial charge < -0.3 is 0 Å². The second-order valence-electron chi connectivity index (χ2n) is 6.06. The van der Waals surface area contributed by atoms with Crippen molar-refractivity contribution in [3.05, 3.63) is 82.6 Å². The zero-order chi connectivity index (χ0) is 19.7. The van der Waals surface area contributed by atoms with Crippen LogP contribution < -0.4 is 0 Å². The van der Waals surface area contributed by atoms with Gasteiger partial charge in [0.15, 0.2) is 0 Å². The molecule has 0 fully saturated rings. The smallest absolute Gasteiger partial charge is 0.267 e. The fourth-order valence-corrected chi connectivity index (χ4v) is 3.97. The minimum atomic E-state index is -0.288. The molecule has 5 nitrogen and oxygen atoms in total. The van der Waals surface area contributed by atoms with Gasteiger partial charge in [0.1, 0.15) is 16.8 Å². The maximum absolute atomic E-state index is 12.7. The Morgan fingerprint density at radius 2 is 1.86 bits per heavy atom. The van der Waals surface area contributed by atoms with Gasteiger partial charge in [-0.3, -0.25) is 4.79 Å². The van der Waals surface area contributed by atoms with Gasteiger partial charge in [0.2, 0.25) is 0 Å². The number of benzene rings is 2. The Labute approximate surface area is 170 Å². The summed E-state index contributed by atoms with van der Waals surface area (Å²) in [5.41, 5.74) is 2.98.